The highest BCUT2D eigenvalue weighted by atomic mass is 32.1. The Morgan fingerprint density at radius 3 is 1.93 bits per heavy atom. The second-order valence-corrected chi connectivity index (χ2v) is 15.8. The zero-order valence-corrected chi connectivity index (χ0v) is 30.5. The molecule has 0 radical (unpaired) electrons. The minimum atomic E-state index is 0.906. The molecule has 4 heteroatoms. The van der Waals surface area contributed by atoms with Crippen LogP contribution in [0.25, 0.3) is 108 Å². The van der Waals surface area contributed by atoms with Crippen molar-refractivity contribution in [3.05, 3.63) is 169 Å². The van der Waals surface area contributed by atoms with Gasteiger partial charge in [-0.3, -0.25) is 0 Å². The Kier molecular flexibility index (Phi) is 6.07. The molecule has 12 aromatic rings. The molecule has 8 aromatic carbocycles. The van der Waals surface area contributed by atoms with Crippen molar-refractivity contribution in [1.82, 2.24) is 9.13 Å². The van der Waals surface area contributed by atoms with Crippen LogP contribution in [0.5, 0.6) is 0 Å². The molecule has 0 spiro atoms. The summed E-state index contributed by atoms with van der Waals surface area (Å²) >= 11 is 1.86. The Morgan fingerprint density at radius 1 is 0.407 bits per heavy atom. The maximum Gasteiger partial charge on any atom is 0.135 e. The largest absolute Gasteiger partial charge is 0.456 e. The minimum Gasteiger partial charge on any atom is -0.456 e. The second kappa shape index (κ2) is 11.0. The molecule has 0 fully saturated rings. The fourth-order valence-corrected chi connectivity index (χ4v) is 10.1. The summed E-state index contributed by atoms with van der Waals surface area (Å²) in [4.78, 5) is 0. The number of hydrogen-bond donors (Lipinski definition) is 0. The summed E-state index contributed by atoms with van der Waals surface area (Å²) in [5.41, 5.74) is 13.9. The van der Waals surface area contributed by atoms with Crippen molar-refractivity contribution in [2.24, 2.45) is 0 Å². The number of para-hydroxylation sites is 2. The molecule has 0 aliphatic carbocycles. The molecule has 0 amide bonds. The van der Waals surface area contributed by atoms with Crippen LogP contribution in [-0.4, -0.2) is 9.13 Å². The zero-order valence-electron chi connectivity index (χ0n) is 29.7. The Labute approximate surface area is 314 Å². The van der Waals surface area contributed by atoms with Crippen molar-refractivity contribution < 1.29 is 4.42 Å². The van der Waals surface area contributed by atoms with Gasteiger partial charge in [-0.15, -0.1) is 11.3 Å². The third kappa shape index (κ3) is 4.17. The van der Waals surface area contributed by atoms with E-state index >= 15 is 0 Å². The number of thiophene rings is 1. The summed E-state index contributed by atoms with van der Waals surface area (Å²) in [6.45, 7) is 4.44. The molecule has 254 valence electrons. The van der Waals surface area contributed by atoms with E-state index in [0.717, 1.165) is 27.6 Å². The van der Waals surface area contributed by atoms with E-state index in [-0.39, 0.29) is 0 Å². The molecule has 0 aliphatic rings. The number of fused-ring (bicyclic) bond motifs is 12. The molecular weight excluding hydrogens is 677 g/mol. The van der Waals surface area contributed by atoms with Gasteiger partial charge in [0.1, 0.15) is 11.2 Å². The highest BCUT2D eigenvalue weighted by Gasteiger charge is 2.19. The lowest BCUT2D eigenvalue weighted by Gasteiger charge is -2.12. The molecule has 0 atom stereocenters. The quantitative estimate of drug-likeness (QED) is 0.179. The summed E-state index contributed by atoms with van der Waals surface area (Å²) in [6.07, 6.45) is 0. The Hall–Kier alpha value is -6.62. The van der Waals surface area contributed by atoms with E-state index in [1.54, 1.807) is 0 Å². The normalized spacial score (nSPS) is 12.3. The van der Waals surface area contributed by atoms with Crippen molar-refractivity contribution in [2.75, 3.05) is 0 Å². The highest BCUT2D eigenvalue weighted by Crippen LogP contribution is 2.42. The first-order chi connectivity index (χ1) is 26.6. The molecule has 0 bridgehead atoms. The summed E-state index contributed by atoms with van der Waals surface area (Å²) in [5, 5.41) is 9.94. The molecule has 4 heterocycles. The Balaban J connectivity index is 1.08. The van der Waals surface area contributed by atoms with E-state index in [1.807, 2.05) is 23.5 Å². The number of benzene rings is 8. The van der Waals surface area contributed by atoms with Gasteiger partial charge in [-0.2, -0.15) is 0 Å². The third-order valence-corrected chi connectivity index (χ3v) is 12.6. The Morgan fingerprint density at radius 2 is 1.04 bits per heavy atom. The molecule has 4 aromatic heterocycles. The van der Waals surface area contributed by atoms with Crippen molar-refractivity contribution in [1.29, 1.82) is 0 Å². The standard InChI is InChI=1S/C50H32N2OS/c1-29-15-19-44-38(23-29)40-25-31(16-20-45(40)51(44)33-18-22-50-42(27-33)36-11-5-8-14-49(36)54-50)37-28-46-39(24-30(37)2)34-9-3-6-12-43(34)52(46)32-17-21-48-41(26-32)35-10-4-7-13-47(35)53-48/h3-28H,1-2H3. The summed E-state index contributed by atoms with van der Waals surface area (Å²) in [5.74, 6) is 0. The molecule has 0 N–H and O–H groups in total. The van der Waals surface area contributed by atoms with Crippen molar-refractivity contribution in [2.45, 2.75) is 13.8 Å². The minimum absolute atomic E-state index is 0.906. The van der Waals surface area contributed by atoms with Crippen LogP contribution in [0.4, 0.5) is 0 Å². The lowest BCUT2D eigenvalue weighted by molar-refractivity contribution is 0.669. The predicted molar refractivity (Wildman–Crippen MR) is 230 cm³/mol. The number of aryl methyl sites for hydroxylation is 2. The van der Waals surface area contributed by atoms with Gasteiger partial charge in [0, 0.05) is 63.9 Å². The van der Waals surface area contributed by atoms with Gasteiger partial charge in [0.25, 0.3) is 0 Å². The van der Waals surface area contributed by atoms with E-state index in [9.17, 15) is 0 Å². The van der Waals surface area contributed by atoms with Gasteiger partial charge in [0.2, 0.25) is 0 Å². The monoisotopic (exact) mass is 708 g/mol. The van der Waals surface area contributed by atoms with Crippen molar-refractivity contribution in [3.8, 4) is 22.5 Å². The first-order valence-corrected chi connectivity index (χ1v) is 19.3. The maximum absolute atomic E-state index is 6.22. The van der Waals surface area contributed by atoms with Crippen LogP contribution in [0.2, 0.25) is 0 Å². The van der Waals surface area contributed by atoms with Gasteiger partial charge in [0.05, 0.1) is 22.1 Å². The average Bonchev–Trinajstić information content (AvgIpc) is 3.94. The van der Waals surface area contributed by atoms with Crippen LogP contribution in [0.1, 0.15) is 11.1 Å². The summed E-state index contributed by atoms with van der Waals surface area (Å²) in [7, 11) is 0. The van der Waals surface area contributed by atoms with Gasteiger partial charge >= 0.3 is 0 Å². The second-order valence-electron chi connectivity index (χ2n) is 14.7. The summed E-state index contributed by atoms with van der Waals surface area (Å²) in [6, 6.07) is 58.1. The number of rotatable bonds is 3. The number of hydrogen-bond acceptors (Lipinski definition) is 2. The lowest BCUT2D eigenvalue weighted by Crippen LogP contribution is -1.95. The molecule has 3 nitrogen and oxygen atoms in total. The zero-order chi connectivity index (χ0) is 35.7. The molecule has 0 aliphatic heterocycles. The van der Waals surface area contributed by atoms with Gasteiger partial charge < -0.3 is 13.6 Å². The lowest BCUT2D eigenvalue weighted by atomic mass is 9.96. The van der Waals surface area contributed by atoms with Crippen LogP contribution < -0.4 is 0 Å². The van der Waals surface area contributed by atoms with E-state index in [2.05, 4.69) is 169 Å². The van der Waals surface area contributed by atoms with Gasteiger partial charge in [-0.05, 0) is 122 Å². The predicted octanol–water partition coefficient (Wildman–Crippen LogP) is 14.4. The fraction of sp³-hybridized carbons (Fsp3) is 0.0400. The molecule has 12 rings (SSSR count). The molecular formula is C50H32N2OS. The van der Waals surface area contributed by atoms with Crippen LogP contribution >= 0.6 is 11.3 Å². The van der Waals surface area contributed by atoms with Crippen LogP contribution in [0, 0.1) is 13.8 Å². The number of aromatic nitrogens is 2. The van der Waals surface area contributed by atoms with Crippen LogP contribution in [-0.2, 0) is 0 Å². The summed E-state index contributed by atoms with van der Waals surface area (Å²) < 4.78 is 13.7. The first kappa shape index (κ1) is 29.9. The van der Waals surface area contributed by atoms with Gasteiger partial charge in [-0.25, -0.2) is 0 Å². The smallest absolute Gasteiger partial charge is 0.135 e. The van der Waals surface area contributed by atoms with Gasteiger partial charge in [0.15, 0.2) is 0 Å². The van der Waals surface area contributed by atoms with Gasteiger partial charge in [-0.1, -0.05) is 72.3 Å². The SMILES string of the molecule is Cc1ccc2c(c1)c1cc(-c3cc4c(cc3C)c3ccccc3n4-c3ccc4oc5ccccc5c4c3)ccc1n2-c1ccc2sc3ccccc3c2c1. The van der Waals surface area contributed by atoms with Crippen LogP contribution in [0.15, 0.2) is 162 Å². The third-order valence-electron chi connectivity index (χ3n) is 11.5. The van der Waals surface area contributed by atoms with E-state index in [4.69, 9.17) is 4.42 Å². The van der Waals surface area contributed by atoms with Crippen molar-refractivity contribution in [3.63, 3.8) is 0 Å². The molecule has 0 unspecified atom stereocenters. The van der Waals surface area contributed by atoms with E-state index in [0.29, 0.717) is 0 Å². The van der Waals surface area contributed by atoms with Crippen LogP contribution in [0.3, 0.4) is 0 Å². The average molecular weight is 709 g/mol. The topological polar surface area (TPSA) is 23.0 Å². The van der Waals surface area contributed by atoms with Crippen molar-refractivity contribution >= 4 is 97.1 Å². The molecule has 54 heavy (non-hydrogen) atoms. The van der Waals surface area contributed by atoms with E-state index < -0.39 is 0 Å². The number of nitrogens with zero attached hydrogens (tertiary/aromatic N) is 2. The highest BCUT2D eigenvalue weighted by molar-refractivity contribution is 7.25. The Bertz CT molecular complexity index is 3530. The molecule has 0 saturated carbocycles. The fourth-order valence-electron chi connectivity index (χ4n) is 9.00. The number of furan rings is 1. The van der Waals surface area contributed by atoms with E-state index in [1.165, 1.54) is 91.7 Å². The molecule has 0 saturated heterocycles. The maximum atomic E-state index is 6.22. The first-order valence-electron chi connectivity index (χ1n) is 18.5.